The summed E-state index contributed by atoms with van der Waals surface area (Å²) in [5.74, 6) is 0.654. The third kappa shape index (κ3) is 5.32. The van der Waals surface area contributed by atoms with Crippen molar-refractivity contribution in [1.82, 2.24) is 20.5 Å². The Bertz CT molecular complexity index is 1180. The molecule has 3 atom stereocenters. The topological polar surface area (TPSA) is 94.6 Å². The van der Waals surface area contributed by atoms with Gasteiger partial charge in [0.05, 0.1) is 17.8 Å². The third-order valence-corrected chi connectivity index (χ3v) is 8.52. The van der Waals surface area contributed by atoms with Crippen molar-refractivity contribution >= 4 is 29.2 Å². The van der Waals surface area contributed by atoms with E-state index >= 15 is 0 Å². The lowest BCUT2D eigenvalue weighted by Gasteiger charge is -2.36. The first kappa shape index (κ1) is 26.4. The van der Waals surface area contributed by atoms with Crippen LogP contribution in [0.2, 0.25) is 0 Å². The zero-order valence-corrected chi connectivity index (χ0v) is 22.5. The van der Waals surface area contributed by atoms with E-state index in [0.717, 1.165) is 61.8 Å². The smallest absolute Gasteiger partial charge is 0.245 e. The van der Waals surface area contributed by atoms with E-state index < -0.39 is 6.04 Å². The Morgan fingerprint density at radius 3 is 2.61 bits per heavy atom. The molecule has 2 N–H and O–H groups in total. The molecule has 2 fully saturated rings. The van der Waals surface area contributed by atoms with Crippen LogP contribution in [-0.4, -0.2) is 53.3 Å². The summed E-state index contributed by atoms with van der Waals surface area (Å²) in [5, 5.41) is 6.10. The fraction of sp³-hybridized carbons (Fsp3) is 0.533. The van der Waals surface area contributed by atoms with Crippen molar-refractivity contribution in [2.75, 3.05) is 18.5 Å². The number of hydrogen-bond donors (Lipinski definition) is 2. The zero-order chi connectivity index (χ0) is 26.6. The maximum atomic E-state index is 14.1. The normalized spacial score (nSPS) is 21.6. The molecule has 202 valence electrons. The predicted molar refractivity (Wildman–Crippen MR) is 147 cm³/mol. The van der Waals surface area contributed by atoms with Crippen molar-refractivity contribution in [2.45, 2.75) is 82.8 Å². The minimum Gasteiger partial charge on any atom is -0.343 e. The largest absolute Gasteiger partial charge is 0.343 e. The lowest BCUT2D eigenvalue weighted by Crippen LogP contribution is -2.55. The summed E-state index contributed by atoms with van der Waals surface area (Å²) in [6.07, 6.45) is 9.95. The third-order valence-electron chi connectivity index (χ3n) is 8.52. The average Bonchev–Trinajstić information content (AvgIpc) is 3.45. The first-order valence-electron chi connectivity index (χ1n) is 14.1. The summed E-state index contributed by atoms with van der Waals surface area (Å²) in [6, 6.07) is 10.9. The van der Waals surface area contributed by atoms with E-state index in [-0.39, 0.29) is 35.7 Å². The van der Waals surface area contributed by atoms with Crippen LogP contribution in [0.1, 0.15) is 75.5 Å². The summed E-state index contributed by atoms with van der Waals surface area (Å²) in [4.78, 5) is 48.2. The Kier molecular flexibility index (Phi) is 8.07. The van der Waals surface area contributed by atoms with Gasteiger partial charge in [0.25, 0.3) is 0 Å². The van der Waals surface area contributed by atoms with Gasteiger partial charge in [-0.1, -0.05) is 37.5 Å². The Hall–Kier alpha value is -3.26. The molecule has 1 saturated heterocycles. The highest BCUT2D eigenvalue weighted by atomic mass is 16.2. The van der Waals surface area contributed by atoms with Crippen LogP contribution in [0, 0.1) is 5.92 Å². The Labute approximate surface area is 225 Å². The van der Waals surface area contributed by atoms with Crippen molar-refractivity contribution in [3.05, 3.63) is 53.7 Å². The lowest BCUT2D eigenvalue weighted by molar-refractivity contribution is -0.139. The summed E-state index contributed by atoms with van der Waals surface area (Å²) in [6.45, 7) is 2.47. The number of anilines is 2. The number of hydrogen-bond acceptors (Lipinski definition) is 5. The number of fused-ring (bicyclic) bond motifs is 1. The van der Waals surface area contributed by atoms with E-state index in [2.05, 4.69) is 21.7 Å². The van der Waals surface area contributed by atoms with Crippen molar-refractivity contribution in [3.63, 3.8) is 0 Å². The molecule has 3 heterocycles. The fourth-order valence-electron chi connectivity index (χ4n) is 6.26. The first-order chi connectivity index (χ1) is 18.5. The number of likely N-dealkylation sites (tertiary alicyclic amines) is 1. The van der Waals surface area contributed by atoms with Gasteiger partial charge in [-0.25, -0.2) is 4.98 Å². The van der Waals surface area contributed by atoms with E-state index in [0.29, 0.717) is 18.8 Å². The Morgan fingerprint density at radius 1 is 1.03 bits per heavy atom. The predicted octanol–water partition coefficient (Wildman–Crippen LogP) is 4.03. The highest BCUT2D eigenvalue weighted by molar-refractivity contribution is 6.02. The van der Waals surface area contributed by atoms with Crippen LogP contribution < -0.4 is 15.5 Å². The van der Waals surface area contributed by atoms with Gasteiger partial charge in [0, 0.05) is 19.2 Å². The van der Waals surface area contributed by atoms with Crippen molar-refractivity contribution in [1.29, 1.82) is 0 Å². The van der Waals surface area contributed by atoms with Gasteiger partial charge in [-0.05, 0) is 81.3 Å². The minimum atomic E-state index is -0.518. The maximum absolute atomic E-state index is 14.1. The first-order valence-corrected chi connectivity index (χ1v) is 14.1. The Morgan fingerprint density at radius 2 is 1.82 bits per heavy atom. The van der Waals surface area contributed by atoms with Crippen LogP contribution in [0.5, 0.6) is 0 Å². The van der Waals surface area contributed by atoms with Crippen LogP contribution in [-0.2, 0) is 20.8 Å². The van der Waals surface area contributed by atoms with E-state index in [1.807, 2.05) is 42.2 Å². The number of likely N-dealkylation sites (N-methyl/N-ethyl adjacent to an activating group) is 1. The molecule has 38 heavy (non-hydrogen) atoms. The lowest BCUT2D eigenvalue weighted by atomic mass is 9.83. The second-order valence-corrected chi connectivity index (χ2v) is 10.9. The molecule has 5 rings (SSSR count). The molecule has 1 saturated carbocycles. The van der Waals surface area contributed by atoms with Gasteiger partial charge >= 0.3 is 0 Å². The highest BCUT2D eigenvalue weighted by Gasteiger charge is 2.39. The number of para-hydroxylation sites is 1. The molecular formula is C30H39N5O3. The van der Waals surface area contributed by atoms with E-state index in [9.17, 15) is 14.4 Å². The molecule has 1 aromatic carbocycles. The van der Waals surface area contributed by atoms with E-state index in [1.165, 1.54) is 6.42 Å². The average molecular weight is 518 g/mol. The summed E-state index contributed by atoms with van der Waals surface area (Å²) < 4.78 is 0. The molecule has 0 spiro atoms. The van der Waals surface area contributed by atoms with Crippen LogP contribution in [0.15, 0.2) is 42.6 Å². The summed E-state index contributed by atoms with van der Waals surface area (Å²) >= 11 is 0. The molecule has 2 aromatic rings. The molecular weight excluding hydrogens is 478 g/mol. The van der Waals surface area contributed by atoms with Crippen molar-refractivity contribution in [3.8, 4) is 0 Å². The van der Waals surface area contributed by atoms with Crippen molar-refractivity contribution < 1.29 is 14.4 Å². The highest BCUT2D eigenvalue weighted by Crippen LogP contribution is 2.38. The standard InChI is InChI=1S/C30H39N5O3/c1-20(31-2)29(37)33-28(22-10-4-3-5-11-22)30(38)34-18-8-13-24(34)23-16-17-32-26(19-23)35-25-12-7-6-9-21(25)14-15-27(35)36/h6-7,9,12,16-17,19-20,22,24,28,31H,3-5,8,10-11,13-15,18H2,1-2H3,(H,33,37). The number of aromatic nitrogens is 1. The molecule has 8 nitrogen and oxygen atoms in total. The number of aryl methyl sites for hydroxylation is 1. The second kappa shape index (κ2) is 11.6. The van der Waals surface area contributed by atoms with Gasteiger partial charge < -0.3 is 15.5 Å². The SMILES string of the molecule is CNC(C)C(=O)NC(C(=O)N1CCCC1c1ccnc(N2C(=O)CCc3ccccc32)c1)C1CCCCC1. The fourth-order valence-corrected chi connectivity index (χ4v) is 6.26. The number of rotatable bonds is 7. The number of carbonyl (C=O) groups is 3. The summed E-state index contributed by atoms with van der Waals surface area (Å²) in [5.41, 5.74) is 3.00. The maximum Gasteiger partial charge on any atom is 0.245 e. The van der Waals surface area contributed by atoms with Gasteiger partial charge in [-0.3, -0.25) is 19.3 Å². The van der Waals surface area contributed by atoms with Crippen molar-refractivity contribution in [2.24, 2.45) is 5.92 Å². The molecule has 0 radical (unpaired) electrons. The van der Waals surface area contributed by atoms with Gasteiger partial charge in [0.15, 0.2) is 0 Å². The molecule has 1 aliphatic carbocycles. The zero-order valence-electron chi connectivity index (χ0n) is 22.5. The van der Waals surface area contributed by atoms with Crippen LogP contribution in [0.25, 0.3) is 0 Å². The molecule has 2 aliphatic heterocycles. The van der Waals surface area contributed by atoms with E-state index in [1.54, 1.807) is 18.1 Å². The second-order valence-electron chi connectivity index (χ2n) is 10.9. The number of amides is 3. The number of carbonyl (C=O) groups excluding carboxylic acids is 3. The number of nitrogens with one attached hydrogen (secondary N) is 2. The number of benzene rings is 1. The molecule has 3 unspecified atom stereocenters. The monoisotopic (exact) mass is 517 g/mol. The van der Waals surface area contributed by atoms with Crippen LogP contribution in [0.4, 0.5) is 11.5 Å². The molecule has 3 amide bonds. The van der Waals surface area contributed by atoms with Gasteiger partial charge in [0.1, 0.15) is 11.9 Å². The van der Waals surface area contributed by atoms with Crippen LogP contribution >= 0.6 is 0 Å². The minimum absolute atomic E-state index is 0.00816. The molecule has 8 heteroatoms. The molecule has 0 bridgehead atoms. The van der Waals surface area contributed by atoms with E-state index in [4.69, 9.17) is 0 Å². The molecule has 3 aliphatic rings. The number of pyridine rings is 1. The Balaban J connectivity index is 1.41. The number of nitrogens with zero attached hydrogens (tertiary/aromatic N) is 3. The quantitative estimate of drug-likeness (QED) is 0.578. The summed E-state index contributed by atoms with van der Waals surface area (Å²) in [7, 11) is 1.75. The molecule has 1 aromatic heterocycles. The van der Waals surface area contributed by atoms with Gasteiger partial charge in [0.2, 0.25) is 17.7 Å². The van der Waals surface area contributed by atoms with Gasteiger partial charge in [-0.2, -0.15) is 0 Å². The van der Waals surface area contributed by atoms with Crippen LogP contribution in [0.3, 0.4) is 0 Å². The van der Waals surface area contributed by atoms with Gasteiger partial charge in [-0.15, -0.1) is 0 Å².